The lowest BCUT2D eigenvalue weighted by atomic mass is 10.2. The first-order valence-corrected chi connectivity index (χ1v) is 5.06. The number of aromatic nitrogens is 4. The molecule has 0 radical (unpaired) electrons. The molecule has 0 aliphatic carbocycles. The van der Waals surface area contributed by atoms with Gasteiger partial charge in [0.2, 0.25) is 0 Å². The van der Waals surface area contributed by atoms with Crippen LogP contribution in [0.3, 0.4) is 0 Å². The Labute approximate surface area is 95.7 Å². The van der Waals surface area contributed by atoms with Gasteiger partial charge in [0.15, 0.2) is 11.2 Å². The summed E-state index contributed by atoms with van der Waals surface area (Å²) in [6.07, 6.45) is 1.68. The van der Waals surface area contributed by atoms with Gasteiger partial charge in [-0.1, -0.05) is 0 Å². The first-order valence-electron chi connectivity index (χ1n) is 5.06. The van der Waals surface area contributed by atoms with Crippen molar-refractivity contribution in [2.24, 2.45) is 5.73 Å². The quantitative estimate of drug-likeness (QED) is 0.479. The van der Waals surface area contributed by atoms with Crippen LogP contribution < -0.4 is 11.3 Å². The van der Waals surface area contributed by atoms with E-state index in [1.165, 1.54) is 12.7 Å². The summed E-state index contributed by atoms with van der Waals surface area (Å²) in [5, 5.41) is 18.1. The molecule has 8 heteroatoms. The summed E-state index contributed by atoms with van der Waals surface area (Å²) >= 11 is 0. The molecule has 0 bridgehead atoms. The van der Waals surface area contributed by atoms with Crippen molar-refractivity contribution < 1.29 is 10.2 Å². The molecule has 2 aromatic heterocycles. The fourth-order valence-electron chi connectivity index (χ4n) is 1.51. The number of aliphatic hydroxyl groups is 2. The summed E-state index contributed by atoms with van der Waals surface area (Å²) in [5.74, 6) is 0. The van der Waals surface area contributed by atoms with Gasteiger partial charge >= 0.3 is 0 Å². The highest BCUT2D eigenvalue weighted by atomic mass is 16.3. The maximum Gasteiger partial charge on any atom is 0.278 e. The molecule has 0 spiro atoms. The molecular weight excluding hydrogens is 226 g/mol. The average Bonchev–Trinajstić information content (AvgIpc) is 2.73. The van der Waals surface area contributed by atoms with Crippen LogP contribution in [-0.4, -0.2) is 48.5 Å². The van der Waals surface area contributed by atoms with E-state index in [9.17, 15) is 9.90 Å². The van der Waals surface area contributed by atoms with E-state index in [4.69, 9.17) is 10.8 Å². The fraction of sp³-hybridized carbons (Fsp3) is 0.444. The number of nitrogens with one attached hydrogen (secondary N) is 1. The molecular formula is C9H13N5O3. The number of hydrogen-bond acceptors (Lipinski definition) is 6. The smallest absolute Gasteiger partial charge is 0.278 e. The van der Waals surface area contributed by atoms with Gasteiger partial charge in [0.1, 0.15) is 0 Å². The Hall–Kier alpha value is -1.77. The van der Waals surface area contributed by atoms with Crippen LogP contribution in [0.4, 0.5) is 0 Å². The van der Waals surface area contributed by atoms with Crippen molar-refractivity contribution in [2.45, 2.75) is 18.7 Å². The zero-order chi connectivity index (χ0) is 12.4. The van der Waals surface area contributed by atoms with Crippen LogP contribution >= 0.6 is 0 Å². The largest absolute Gasteiger partial charge is 0.394 e. The Kier molecular flexibility index (Phi) is 3.18. The summed E-state index contributed by atoms with van der Waals surface area (Å²) in [4.78, 5) is 21.7. The number of imidazole rings is 1. The number of rotatable bonds is 4. The van der Waals surface area contributed by atoms with Crippen LogP contribution in [0.2, 0.25) is 0 Å². The first kappa shape index (κ1) is 11.7. The molecule has 0 unspecified atom stereocenters. The Bertz CT molecular complexity index is 563. The van der Waals surface area contributed by atoms with Gasteiger partial charge < -0.3 is 25.5 Å². The van der Waals surface area contributed by atoms with Crippen molar-refractivity contribution in [2.75, 3.05) is 6.61 Å². The Morgan fingerprint density at radius 2 is 2.29 bits per heavy atom. The first-order chi connectivity index (χ1) is 8.13. The average molecular weight is 239 g/mol. The highest BCUT2D eigenvalue weighted by Crippen LogP contribution is 2.05. The summed E-state index contributed by atoms with van der Waals surface area (Å²) < 4.78 is 1.56. The molecule has 2 rings (SSSR count). The molecule has 0 aliphatic heterocycles. The van der Waals surface area contributed by atoms with E-state index < -0.39 is 18.8 Å². The van der Waals surface area contributed by atoms with Crippen LogP contribution in [0, 0.1) is 0 Å². The predicted octanol–water partition coefficient (Wildman–Crippen LogP) is -2.20. The van der Waals surface area contributed by atoms with Gasteiger partial charge in [0, 0.05) is 6.54 Å². The molecule has 2 atom stereocenters. The van der Waals surface area contributed by atoms with E-state index in [0.29, 0.717) is 5.65 Å². The second-order valence-electron chi connectivity index (χ2n) is 3.71. The van der Waals surface area contributed by atoms with Crippen LogP contribution in [-0.2, 0) is 6.54 Å². The van der Waals surface area contributed by atoms with Crippen molar-refractivity contribution in [3.05, 3.63) is 23.0 Å². The zero-order valence-electron chi connectivity index (χ0n) is 8.95. The number of nitrogens with zero attached hydrogens (tertiary/aromatic N) is 3. The van der Waals surface area contributed by atoms with Crippen LogP contribution in [0.5, 0.6) is 0 Å². The Balaban J connectivity index is 2.31. The van der Waals surface area contributed by atoms with E-state index in [1.54, 1.807) is 4.57 Å². The predicted molar refractivity (Wildman–Crippen MR) is 59.2 cm³/mol. The molecule has 0 fully saturated rings. The van der Waals surface area contributed by atoms with Crippen LogP contribution in [0.15, 0.2) is 17.4 Å². The van der Waals surface area contributed by atoms with E-state index in [2.05, 4.69) is 15.0 Å². The second-order valence-corrected chi connectivity index (χ2v) is 3.71. The molecule has 2 heterocycles. The highest BCUT2D eigenvalue weighted by molar-refractivity contribution is 5.68. The topological polar surface area (TPSA) is 130 Å². The number of aromatic amines is 1. The van der Waals surface area contributed by atoms with E-state index in [-0.39, 0.29) is 17.6 Å². The summed E-state index contributed by atoms with van der Waals surface area (Å²) in [7, 11) is 0. The van der Waals surface area contributed by atoms with Crippen LogP contribution in [0.1, 0.15) is 0 Å². The maximum absolute atomic E-state index is 11.4. The minimum absolute atomic E-state index is 0.217. The standard InChI is InChI=1S/C9H13N5O3/c10-5(6(16)2-15)1-14-4-13-7-8(14)11-3-12-9(7)17/h3-6,15-16H,1-2,10H2,(H,11,12,17)/t5-,6+/m1/s1. The summed E-state index contributed by atoms with van der Waals surface area (Å²) in [5.41, 5.74) is 5.97. The fourth-order valence-corrected chi connectivity index (χ4v) is 1.51. The van der Waals surface area contributed by atoms with Crippen molar-refractivity contribution in [3.63, 3.8) is 0 Å². The highest BCUT2D eigenvalue weighted by Gasteiger charge is 2.16. The lowest BCUT2D eigenvalue weighted by Gasteiger charge is -2.16. The second kappa shape index (κ2) is 4.62. The monoisotopic (exact) mass is 239 g/mol. The molecule has 0 saturated heterocycles. The van der Waals surface area contributed by atoms with Gasteiger partial charge in [-0.3, -0.25) is 4.79 Å². The van der Waals surface area contributed by atoms with Crippen LogP contribution in [0.25, 0.3) is 11.2 Å². The molecule has 2 aromatic rings. The number of H-pyrrole nitrogens is 1. The molecule has 0 aromatic carbocycles. The van der Waals surface area contributed by atoms with Crippen molar-refractivity contribution in [3.8, 4) is 0 Å². The van der Waals surface area contributed by atoms with E-state index >= 15 is 0 Å². The van der Waals surface area contributed by atoms with Gasteiger partial charge in [0.25, 0.3) is 5.56 Å². The summed E-state index contributed by atoms with van der Waals surface area (Å²) in [6.45, 7) is -0.198. The van der Waals surface area contributed by atoms with E-state index in [1.807, 2.05) is 0 Å². The molecule has 5 N–H and O–H groups in total. The molecule has 0 saturated carbocycles. The van der Waals surface area contributed by atoms with E-state index in [0.717, 1.165) is 0 Å². The number of nitrogens with two attached hydrogens (primary N) is 1. The lowest BCUT2D eigenvalue weighted by molar-refractivity contribution is 0.0696. The van der Waals surface area contributed by atoms with Gasteiger partial charge in [0.05, 0.1) is 31.4 Å². The minimum atomic E-state index is -1.02. The molecule has 92 valence electrons. The third-order valence-electron chi connectivity index (χ3n) is 2.50. The number of fused-ring (bicyclic) bond motifs is 1. The minimum Gasteiger partial charge on any atom is -0.394 e. The zero-order valence-corrected chi connectivity index (χ0v) is 8.95. The third-order valence-corrected chi connectivity index (χ3v) is 2.50. The molecule has 8 nitrogen and oxygen atoms in total. The lowest BCUT2D eigenvalue weighted by Crippen LogP contribution is -2.40. The number of hydrogen-bond donors (Lipinski definition) is 4. The van der Waals surface area contributed by atoms with Crippen molar-refractivity contribution in [1.29, 1.82) is 0 Å². The Morgan fingerprint density at radius 1 is 1.53 bits per heavy atom. The Morgan fingerprint density at radius 3 is 3.00 bits per heavy atom. The summed E-state index contributed by atoms with van der Waals surface area (Å²) in [6, 6.07) is -0.654. The van der Waals surface area contributed by atoms with Gasteiger partial charge in [-0.05, 0) is 0 Å². The molecule has 0 aliphatic rings. The molecule has 17 heavy (non-hydrogen) atoms. The maximum atomic E-state index is 11.4. The van der Waals surface area contributed by atoms with Gasteiger partial charge in [-0.2, -0.15) is 0 Å². The van der Waals surface area contributed by atoms with Gasteiger partial charge in [-0.25, -0.2) is 9.97 Å². The normalized spacial score (nSPS) is 15.0. The third kappa shape index (κ3) is 2.18. The number of aliphatic hydroxyl groups excluding tert-OH is 2. The SMILES string of the molecule is N[C@H](Cn1cnc2c(=O)[nH]cnc21)[C@@H](O)CO. The molecule has 0 amide bonds. The van der Waals surface area contributed by atoms with Crippen molar-refractivity contribution >= 4 is 11.2 Å². The van der Waals surface area contributed by atoms with Crippen molar-refractivity contribution in [1.82, 2.24) is 19.5 Å². The van der Waals surface area contributed by atoms with Gasteiger partial charge in [-0.15, -0.1) is 0 Å².